The fraction of sp³-hybridized carbons (Fsp3) is 0.421. The number of nitrogens with zero attached hydrogens (tertiary/aromatic N) is 4. The van der Waals surface area contributed by atoms with Gasteiger partial charge in [-0.3, -0.25) is 4.79 Å². The number of carbonyl (C=O) groups is 1. The van der Waals surface area contributed by atoms with Gasteiger partial charge in [-0.2, -0.15) is 0 Å². The topological polar surface area (TPSA) is 64.2 Å². The molecule has 6 heteroatoms. The number of hydrogen-bond acceptors (Lipinski definition) is 4. The largest absolute Gasteiger partial charge is 0.467 e. The Hall–Kier alpha value is -2.63. The average Bonchev–Trinajstić information content (AvgIpc) is 3.26. The molecule has 2 aromatic heterocycles. The van der Waals surface area contributed by atoms with Crippen molar-refractivity contribution in [2.75, 3.05) is 0 Å². The number of hydrogen-bond donors (Lipinski definition) is 0. The van der Waals surface area contributed by atoms with Gasteiger partial charge in [-0.1, -0.05) is 31.2 Å². The third-order valence-corrected chi connectivity index (χ3v) is 4.64. The highest BCUT2D eigenvalue weighted by Gasteiger charge is 2.23. The maximum Gasteiger partial charge on any atom is 0.225 e. The van der Waals surface area contributed by atoms with E-state index in [9.17, 15) is 4.79 Å². The van der Waals surface area contributed by atoms with Crippen LogP contribution in [-0.2, 0) is 17.9 Å². The summed E-state index contributed by atoms with van der Waals surface area (Å²) in [6.07, 6.45) is 2.02. The van der Waals surface area contributed by atoms with E-state index >= 15 is 0 Å². The van der Waals surface area contributed by atoms with E-state index in [1.165, 1.54) is 0 Å². The van der Waals surface area contributed by atoms with Crippen molar-refractivity contribution < 1.29 is 9.21 Å². The van der Waals surface area contributed by atoms with E-state index in [0.717, 1.165) is 16.8 Å². The standard InChI is InChI=1S/C19H24N4O2/c1-14(2)15(3)22(13-16-7-6-12-25-16)19(24)10-11-23-18-9-5-4-8-17(18)20-21-23/h4-9,12,14-15H,10-11,13H2,1-3H3/t15-/m0/s1. The molecule has 25 heavy (non-hydrogen) atoms. The summed E-state index contributed by atoms with van der Waals surface area (Å²) in [6, 6.07) is 11.7. The van der Waals surface area contributed by atoms with Gasteiger partial charge < -0.3 is 9.32 Å². The summed E-state index contributed by atoms with van der Waals surface area (Å²) in [7, 11) is 0. The highest BCUT2D eigenvalue weighted by molar-refractivity contribution is 5.77. The molecule has 1 amide bonds. The van der Waals surface area contributed by atoms with E-state index in [4.69, 9.17) is 4.42 Å². The lowest BCUT2D eigenvalue weighted by molar-refractivity contribution is -0.135. The van der Waals surface area contributed by atoms with Gasteiger partial charge in [0.05, 0.1) is 24.9 Å². The van der Waals surface area contributed by atoms with Gasteiger partial charge in [0, 0.05) is 12.5 Å². The third kappa shape index (κ3) is 3.90. The molecular formula is C19H24N4O2. The summed E-state index contributed by atoms with van der Waals surface area (Å²) < 4.78 is 7.22. The second kappa shape index (κ2) is 7.51. The van der Waals surface area contributed by atoms with E-state index in [2.05, 4.69) is 31.1 Å². The summed E-state index contributed by atoms with van der Waals surface area (Å²) in [5.41, 5.74) is 1.79. The molecule has 0 radical (unpaired) electrons. The zero-order valence-electron chi connectivity index (χ0n) is 14.9. The minimum atomic E-state index is 0.0946. The summed E-state index contributed by atoms with van der Waals surface area (Å²) in [6.45, 7) is 7.33. The highest BCUT2D eigenvalue weighted by Crippen LogP contribution is 2.17. The van der Waals surface area contributed by atoms with Crippen LogP contribution in [-0.4, -0.2) is 31.8 Å². The lowest BCUT2D eigenvalue weighted by Crippen LogP contribution is -2.41. The number of rotatable bonds is 7. The first kappa shape index (κ1) is 17.2. The van der Waals surface area contributed by atoms with Gasteiger partial charge >= 0.3 is 0 Å². The molecule has 0 bridgehead atoms. The number of aromatic nitrogens is 3. The molecule has 0 saturated heterocycles. The molecule has 0 fully saturated rings. The molecule has 0 spiro atoms. The molecule has 132 valence electrons. The van der Waals surface area contributed by atoms with Crippen LogP contribution >= 0.6 is 0 Å². The Morgan fingerprint density at radius 3 is 2.72 bits per heavy atom. The summed E-state index contributed by atoms with van der Waals surface area (Å²) in [4.78, 5) is 14.8. The van der Waals surface area contributed by atoms with E-state index in [-0.39, 0.29) is 11.9 Å². The Morgan fingerprint density at radius 2 is 2.00 bits per heavy atom. The molecule has 0 N–H and O–H groups in total. The molecule has 3 aromatic rings. The van der Waals surface area contributed by atoms with Crippen molar-refractivity contribution in [1.29, 1.82) is 0 Å². The van der Waals surface area contributed by atoms with E-state index in [0.29, 0.717) is 25.4 Å². The predicted molar refractivity (Wildman–Crippen MR) is 95.7 cm³/mol. The van der Waals surface area contributed by atoms with Crippen molar-refractivity contribution in [1.82, 2.24) is 19.9 Å². The molecule has 3 rings (SSSR count). The van der Waals surface area contributed by atoms with Gasteiger partial charge in [0.2, 0.25) is 5.91 Å². The zero-order valence-corrected chi connectivity index (χ0v) is 14.9. The lowest BCUT2D eigenvalue weighted by atomic mass is 10.0. The highest BCUT2D eigenvalue weighted by atomic mass is 16.3. The SMILES string of the molecule is CC(C)[C@H](C)N(Cc1ccco1)C(=O)CCn1nnc2ccccc21. The minimum Gasteiger partial charge on any atom is -0.467 e. The summed E-state index contributed by atoms with van der Waals surface area (Å²) in [5.74, 6) is 1.26. The Labute approximate surface area is 147 Å². The van der Waals surface area contributed by atoms with Crippen LogP contribution in [0.1, 0.15) is 33.0 Å². The van der Waals surface area contributed by atoms with Crippen molar-refractivity contribution in [2.45, 2.75) is 46.3 Å². The average molecular weight is 340 g/mol. The predicted octanol–water partition coefficient (Wildman–Crippen LogP) is 3.49. The van der Waals surface area contributed by atoms with Gasteiger partial charge in [0.1, 0.15) is 11.3 Å². The Morgan fingerprint density at radius 1 is 1.20 bits per heavy atom. The molecule has 1 atom stereocenters. The molecule has 1 aromatic carbocycles. The van der Waals surface area contributed by atoms with Crippen molar-refractivity contribution in [2.24, 2.45) is 5.92 Å². The maximum atomic E-state index is 12.9. The zero-order chi connectivity index (χ0) is 17.8. The first-order valence-corrected chi connectivity index (χ1v) is 8.66. The van der Waals surface area contributed by atoms with Crippen molar-refractivity contribution in [3.63, 3.8) is 0 Å². The molecule has 6 nitrogen and oxygen atoms in total. The van der Waals surface area contributed by atoms with Gasteiger partial charge in [-0.25, -0.2) is 4.68 Å². The smallest absolute Gasteiger partial charge is 0.225 e. The molecule has 0 aliphatic heterocycles. The van der Waals surface area contributed by atoms with Crippen LogP contribution in [0.5, 0.6) is 0 Å². The van der Waals surface area contributed by atoms with Crippen molar-refractivity contribution >= 4 is 16.9 Å². The summed E-state index contributed by atoms with van der Waals surface area (Å²) >= 11 is 0. The number of carbonyl (C=O) groups excluding carboxylic acids is 1. The van der Waals surface area contributed by atoms with Crippen LogP contribution < -0.4 is 0 Å². The molecule has 0 saturated carbocycles. The van der Waals surface area contributed by atoms with Gasteiger partial charge in [-0.15, -0.1) is 5.10 Å². The third-order valence-electron chi connectivity index (χ3n) is 4.64. The number of furan rings is 1. The van der Waals surface area contributed by atoms with Crippen LogP contribution in [0.2, 0.25) is 0 Å². The fourth-order valence-corrected chi connectivity index (χ4v) is 2.82. The van der Waals surface area contributed by atoms with Crippen LogP contribution in [0.3, 0.4) is 0 Å². The van der Waals surface area contributed by atoms with Crippen LogP contribution in [0, 0.1) is 5.92 Å². The van der Waals surface area contributed by atoms with E-state index in [1.54, 1.807) is 10.9 Å². The summed E-state index contributed by atoms with van der Waals surface area (Å²) in [5, 5.41) is 8.30. The normalized spacial score (nSPS) is 12.6. The number of aryl methyl sites for hydroxylation is 1. The first-order valence-electron chi connectivity index (χ1n) is 8.66. The Balaban J connectivity index is 1.71. The number of amides is 1. The number of para-hydroxylation sites is 1. The molecule has 2 heterocycles. The van der Waals surface area contributed by atoms with E-state index < -0.39 is 0 Å². The molecule has 0 aliphatic carbocycles. The van der Waals surface area contributed by atoms with E-state index in [1.807, 2.05) is 41.3 Å². The second-order valence-electron chi connectivity index (χ2n) is 6.64. The lowest BCUT2D eigenvalue weighted by Gasteiger charge is -2.31. The Kier molecular flexibility index (Phi) is 5.16. The monoisotopic (exact) mass is 340 g/mol. The maximum absolute atomic E-state index is 12.9. The van der Waals surface area contributed by atoms with Crippen LogP contribution in [0.25, 0.3) is 11.0 Å². The van der Waals surface area contributed by atoms with Crippen LogP contribution in [0.15, 0.2) is 47.1 Å². The fourth-order valence-electron chi connectivity index (χ4n) is 2.82. The number of fused-ring (bicyclic) bond motifs is 1. The first-order chi connectivity index (χ1) is 12.1. The second-order valence-corrected chi connectivity index (χ2v) is 6.64. The van der Waals surface area contributed by atoms with Gasteiger partial charge in [0.25, 0.3) is 0 Å². The van der Waals surface area contributed by atoms with Gasteiger partial charge in [0.15, 0.2) is 0 Å². The molecule has 0 unspecified atom stereocenters. The van der Waals surface area contributed by atoms with Crippen molar-refractivity contribution in [3.8, 4) is 0 Å². The molecule has 0 aliphatic rings. The Bertz CT molecular complexity index is 823. The number of benzene rings is 1. The minimum absolute atomic E-state index is 0.0946. The van der Waals surface area contributed by atoms with Gasteiger partial charge in [-0.05, 0) is 37.1 Å². The molecular weight excluding hydrogens is 316 g/mol. The quantitative estimate of drug-likeness (QED) is 0.660. The van der Waals surface area contributed by atoms with Crippen molar-refractivity contribution in [3.05, 3.63) is 48.4 Å². The van der Waals surface area contributed by atoms with Crippen LogP contribution in [0.4, 0.5) is 0 Å².